The molecule has 1 amide bonds. The summed E-state index contributed by atoms with van der Waals surface area (Å²) < 4.78 is 22.6. The lowest BCUT2D eigenvalue weighted by atomic mass is 9.95. The molecule has 0 saturated carbocycles. The Kier molecular flexibility index (Phi) is 8.41. The van der Waals surface area contributed by atoms with Crippen LogP contribution < -0.4 is 21.1 Å². The number of benzene rings is 1. The summed E-state index contributed by atoms with van der Waals surface area (Å²) in [6, 6.07) is 3.47. The summed E-state index contributed by atoms with van der Waals surface area (Å²) in [6.07, 6.45) is 1.01. The number of nitro groups is 1. The number of nitrogens with two attached hydrogens (primary N) is 1. The van der Waals surface area contributed by atoms with Crippen molar-refractivity contribution < 1.29 is 18.1 Å². The summed E-state index contributed by atoms with van der Waals surface area (Å²) in [5, 5.41) is 25.2. The summed E-state index contributed by atoms with van der Waals surface area (Å²) >= 11 is 0. The Balaban J connectivity index is 0.00000364. The Bertz CT molecular complexity index is 789. The Morgan fingerprint density at radius 3 is 2.74 bits per heavy atom. The zero-order valence-corrected chi connectivity index (χ0v) is 16.4. The molecule has 12 heteroatoms. The molecule has 1 aromatic rings. The van der Waals surface area contributed by atoms with E-state index in [2.05, 4.69) is 22.9 Å². The van der Waals surface area contributed by atoms with Crippen molar-refractivity contribution in [3.63, 3.8) is 0 Å². The maximum atomic E-state index is 12.1. The first-order valence-corrected chi connectivity index (χ1v) is 9.78. The van der Waals surface area contributed by atoms with Crippen LogP contribution in [-0.4, -0.2) is 44.9 Å². The molecule has 2 rings (SSSR count). The quantitative estimate of drug-likeness (QED) is 0.370. The van der Waals surface area contributed by atoms with E-state index in [1.807, 2.05) is 0 Å². The van der Waals surface area contributed by atoms with Crippen LogP contribution in [0, 0.1) is 16.0 Å². The van der Waals surface area contributed by atoms with Gasteiger partial charge >= 0.3 is 0 Å². The number of carbonyl (C=O) groups excluding carboxylic acids is 1. The van der Waals surface area contributed by atoms with Gasteiger partial charge in [0.2, 0.25) is 15.9 Å². The third kappa shape index (κ3) is 6.61. The second kappa shape index (κ2) is 9.83. The van der Waals surface area contributed by atoms with Crippen LogP contribution >= 0.6 is 12.4 Å². The lowest BCUT2D eigenvalue weighted by Gasteiger charge is -2.30. The van der Waals surface area contributed by atoms with Crippen molar-refractivity contribution in [3.05, 3.63) is 28.3 Å². The molecule has 5 N–H and O–H groups in total. The molecule has 0 spiro atoms. The normalized spacial score (nSPS) is 19.6. The summed E-state index contributed by atoms with van der Waals surface area (Å²) in [5.41, 5.74) is -0.283. The molecule has 1 aliphatic heterocycles. The van der Waals surface area contributed by atoms with E-state index in [1.54, 1.807) is 0 Å². The van der Waals surface area contributed by atoms with Gasteiger partial charge in [-0.2, -0.15) is 0 Å². The van der Waals surface area contributed by atoms with E-state index in [1.165, 1.54) is 12.1 Å². The lowest BCUT2D eigenvalue weighted by molar-refractivity contribution is -0.384. The molecule has 152 valence electrons. The van der Waals surface area contributed by atoms with Crippen LogP contribution in [0.3, 0.4) is 0 Å². The molecule has 2 atom stereocenters. The lowest BCUT2D eigenvalue weighted by Crippen LogP contribution is -2.48. The number of anilines is 1. The van der Waals surface area contributed by atoms with Gasteiger partial charge in [0.15, 0.2) is 0 Å². The topological polar surface area (TPSA) is 156 Å². The molecule has 1 aromatic carbocycles. The van der Waals surface area contributed by atoms with Crippen LogP contribution in [0.2, 0.25) is 0 Å². The SMILES string of the molecule is CC1CNCCC1NC(=O)CCNc1ccc(S(N)(=O)=O)cc1[N+](=O)[O-].Cl. The van der Waals surface area contributed by atoms with Crippen molar-refractivity contribution in [1.29, 1.82) is 0 Å². The molecule has 1 fully saturated rings. The minimum absolute atomic E-state index is 0. The Hall–Kier alpha value is -1.95. The van der Waals surface area contributed by atoms with Crippen molar-refractivity contribution in [2.45, 2.75) is 30.7 Å². The molecule has 0 radical (unpaired) electrons. The molecule has 2 unspecified atom stereocenters. The second-order valence-corrected chi connectivity index (χ2v) is 7.86. The standard InChI is InChI=1S/C15H23N5O5S.ClH/c1-10-9-17-6-4-12(10)19-15(21)5-7-18-13-3-2-11(26(16,24)25)8-14(13)20(22)23;/h2-3,8,10,12,17-18H,4-7,9H2,1H3,(H,19,21)(H2,16,24,25);1H. The Labute approximate surface area is 163 Å². The van der Waals surface area contributed by atoms with Gasteiger partial charge in [-0.1, -0.05) is 6.92 Å². The molecule has 0 bridgehead atoms. The molecule has 1 aliphatic rings. The van der Waals surface area contributed by atoms with E-state index < -0.39 is 20.6 Å². The molecular formula is C15H24ClN5O5S. The van der Waals surface area contributed by atoms with Crippen LogP contribution in [-0.2, 0) is 14.8 Å². The minimum Gasteiger partial charge on any atom is -0.379 e. The van der Waals surface area contributed by atoms with Crippen LogP contribution in [0.15, 0.2) is 23.1 Å². The molecule has 0 aliphatic carbocycles. The highest BCUT2D eigenvalue weighted by molar-refractivity contribution is 7.89. The average molecular weight is 422 g/mol. The highest BCUT2D eigenvalue weighted by atomic mass is 35.5. The number of primary sulfonamides is 1. The van der Waals surface area contributed by atoms with Gasteiger partial charge < -0.3 is 16.0 Å². The number of amides is 1. The third-order valence-corrected chi connectivity index (χ3v) is 5.20. The maximum Gasteiger partial charge on any atom is 0.293 e. The highest BCUT2D eigenvalue weighted by Crippen LogP contribution is 2.27. The van der Waals surface area contributed by atoms with Gasteiger partial charge in [0.25, 0.3) is 5.69 Å². The molecule has 10 nitrogen and oxygen atoms in total. The fourth-order valence-corrected chi connectivity index (χ4v) is 3.34. The Morgan fingerprint density at radius 2 is 2.15 bits per heavy atom. The molecular weight excluding hydrogens is 398 g/mol. The van der Waals surface area contributed by atoms with E-state index in [-0.39, 0.29) is 47.9 Å². The number of hydrogen-bond acceptors (Lipinski definition) is 7. The van der Waals surface area contributed by atoms with E-state index in [4.69, 9.17) is 5.14 Å². The minimum atomic E-state index is -4.03. The van der Waals surface area contributed by atoms with Gasteiger partial charge in [-0.15, -0.1) is 12.4 Å². The van der Waals surface area contributed by atoms with Crippen molar-refractivity contribution in [2.75, 3.05) is 25.0 Å². The number of sulfonamides is 1. The number of piperidine rings is 1. The van der Waals surface area contributed by atoms with Gasteiger partial charge in [0, 0.05) is 25.1 Å². The van der Waals surface area contributed by atoms with Crippen molar-refractivity contribution >= 4 is 39.7 Å². The summed E-state index contributed by atoms with van der Waals surface area (Å²) in [5.74, 6) is 0.201. The van der Waals surface area contributed by atoms with Crippen molar-refractivity contribution in [3.8, 4) is 0 Å². The molecule has 1 heterocycles. The van der Waals surface area contributed by atoms with Crippen molar-refractivity contribution in [2.24, 2.45) is 11.1 Å². The first-order chi connectivity index (χ1) is 12.2. The molecule has 1 saturated heterocycles. The number of carbonyl (C=O) groups is 1. The Morgan fingerprint density at radius 1 is 1.44 bits per heavy atom. The first kappa shape index (κ1) is 23.1. The fraction of sp³-hybridized carbons (Fsp3) is 0.533. The monoisotopic (exact) mass is 421 g/mol. The summed E-state index contributed by atoms with van der Waals surface area (Å²) in [7, 11) is -4.03. The van der Waals surface area contributed by atoms with E-state index in [9.17, 15) is 23.3 Å². The van der Waals surface area contributed by atoms with E-state index >= 15 is 0 Å². The first-order valence-electron chi connectivity index (χ1n) is 8.23. The number of halogens is 1. The number of nitro benzene ring substituents is 1. The average Bonchev–Trinajstić information content (AvgIpc) is 2.56. The van der Waals surface area contributed by atoms with Gasteiger partial charge in [0.1, 0.15) is 5.69 Å². The highest BCUT2D eigenvalue weighted by Gasteiger charge is 2.23. The van der Waals surface area contributed by atoms with E-state index in [0.717, 1.165) is 25.6 Å². The smallest absolute Gasteiger partial charge is 0.293 e. The maximum absolute atomic E-state index is 12.1. The predicted molar refractivity (Wildman–Crippen MR) is 103 cm³/mol. The van der Waals surface area contributed by atoms with Crippen LogP contribution in [0.25, 0.3) is 0 Å². The zero-order valence-electron chi connectivity index (χ0n) is 14.8. The zero-order chi connectivity index (χ0) is 19.3. The summed E-state index contributed by atoms with van der Waals surface area (Å²) in [4.78, 5) is 22.2. The van der Waals surface area contributed by atoms with Crippen LogP contribution in [0.4, 0.5) is 11.4 Å². The molecule has 27 heavy (non-hydrogen) atoms. The summed E-state index contributed by atoms with van der Waals surface area (Å²) in [6.45, 7) is 3.95. The van der Waals surface area contributed by atoms with Crippen LogP contribution in [0.1, 0.15) is 19.8 Å². The number of nitrogens with one attached hydrogen (secondary N) is 3. The van der Waals surface area contributed by atoms with Crippen molar-refractivity contribution in [1.82, 2.24) is 10.6 Å². The number of nitrogens with zero attached hydrogens (tertiary/aromatic N) is 1. The third-order valence-electron chi connectivity index (χ3n) is 4.29. The molecule has 0 aromatic heterocycles. The number of rotatable bonds is 7. The second-order valence-electron chi connectivity index (χ2n) is 6.30. The van der Waals surface area contributed by atoms with Gasteiger partial charge in [-0.25, -0.2) is 13.6 Å². The fourth-order valence-electron chi connectivity index (χ4n) is 2.81. The van der Waals surface area contributed by atoms with Gasteiger partial charge in [0.05, 0.1) is 9.82 Å². The largest absolute Gasteiger partial charge is 0.379 e. The van der Waals surface area contributed by atoms with Crippen LogP contribution in [0.5, 0.6) is 0 Å². The van der Waals surface area contributed by atoms with Gasteiger partial charge in [-0.3, -0.25) is 14.9 Å². The van der Waals surface area contributed by atoms with Gasteiger partial charge in [-0.05, 0) is 37.6 Å². The number of hydrogen-bond donors (Lipinski definition) is 4. The van der Waals surface area contributed by atoms with E-state index in [0.29, 0.717) is 5.92 Å². The predicted octanol–water partition coefficient (Wildman–Crippen LogP) is 0.580.